The zero-order valence-electron chi connectivity index (χ0n) is 17.2. The minimum absolute atomic E-state index is 0.0149. The predicted octanol–water partition coefficient (Wildman–Crippen LogP) is 6.93. The third-order valence-electron chi connectivity index (χ3n) is 7.26. The average Bonchev–Trinajstić information content (AvgIpc) is 2.80. The largest absolute Gasteiger partial charge is 0.0830 e. The first-order valence-electron chi connectivity index (χ1n) is 8.91. The van der Waals surface area contributed by atoms with Gasteiger partial charge in [-0.2, -0.15) is 0 Å². The molecule has 0 amide bonds. The van der Waals surface area contributed by atoms with Gasteiger partial charge in [0.25, 0.3) is 0 Å². The van der Waals surface area contributed by atoms with Crippen LogP contribution in [0.3, 0.4) is 0 Å². The molecular weight excluding hydrogens is 288 g/mol. The van der Waals surface area contributed by atoms with E-state index in [2.05, 4.69) is 93.2 Å². The lowest BCUT2D eigenvalue weighted by molar-refractivity contribution is 0.625. The summed E-state index contributed by atoms with van der Waals surface area (Å²) in [5.41, 5.74) is 11.2. The highest BCUT2D eigenvalue weighted by molar-refractivity contribution is 5.56. The second-order valence-corrected chi connectivity index (χ2v) is 7.93. The highest BCUT2D eigenvalue weighted by atomic mass is 14.4. The topological polar surface area (TPSA) is 0 Å². The Bertz CT molecular complexity index is 756. The van der Waals surface area contributed by atoms with Crippen LogP contribution in [0.4, 0.5) is 0 Å². The Kier molecular flexibility index (Phi) is 4.62. The average molecular weight is 321 g/mol. The summed E-state index contributed by atoms with van der Waals surface area (Å²) in [6, 6.07) is 0. The van der Waals surface area contributed by atoms with Crippen molar-refractivity contribution in [2.75, 3.05) is 0 Å². The summed E-state index contributed by atoms with van der Waals surface area (Å²) < 4.78 is 0. The normalized spacial score (nSPS) is 22.9. The Morgan fingerprint density at radius 3 is 1.42 bits per heavy atom. The summed E-state index contributed by atoms with van der Waals surface area (Å²) in [7, 11) is 0. The molecule has 0 fully saturated rings. The molecule has 0 bridgehead atoms. The minimum Gasteiger partial charge on any atom is -0.0830 e. The van der Waals surface area contributed by atoms with E-state index in [4.69, 9.17) is 0 Å². The lowest BCUT2D eigenvalue weighted by Gasteiger charge is -2.25. The third-order valence-corrected chi connectivity index (χ3v) is 7.26. The van der Waals surface area contributed by atoms with Gasteiger partial charge >= 0.3 is 0 Å². The molecule has 0 unspecified atom stereocenters. The van der Waals surface area contributed by atoms with Gasteiger partial charge in [-0.25, -0.2) is 0 Å². The summed E-state index contributed by atoms with van der Waals surface area (Å²) in [6.07, 6.45) is 4.34. The molecular formula is C24H32. The molecule has 0 saturated carbocycles. The summed E-state index contributed by atoms with van der Waals surface area (Å²) in [6.45, 7) is 22.4. The molecule has 2 aliphatic rings. The molecule has 0 radical (unpaired) electrons. The first-order chi connectivity index (χ1) is 11.0. The zero-order valence-corrected chi connectivity index (χ0v) is 17.2. The Morgan fingerprint density at radius 2 is 1.00 bits per heavy atom. The molecule has 2 rings (SSSR count). The Hall–Kier alpha value is -1.74. The van der Waals surface area contributed by atoms with Crippen LogP contribution in [0.15, 0.2) is 56.7 Å². The van der Waals surface area contributed by atoms with Gasteiger partial charge in [-0.15, -0.1) is 0 Å². The smallest absolute Gasteiger partial charge is 0.0713 e. The van der Waals surface area contributed by atoms with E-state index >= 15 is 0 Å². The maximum absolute atomic E-state index is 3.53. The van der Waals surface area contributed by atoms with Gasteiger partial charge in [0.2, 0.25) is 0 Å². The van der Waals surface area contributed by atoms with Crippen LogP contribution in [-0.2, 0) is 0 Å². The van der Waals surface area contributed by atoms with Crippen LogP contribution < -0.4 is 0 Å². The molecule has 0 heteroatoms. The van der Waals surface area contributed by atoms with E-state index in [1.807, 2.05) is 0 Å². The maximum Gasteiger partial charge on any atom is 0.0713 e. The first kappa shape index (κ1) is 18.6. The summed E-state index contributed by atoms with van der Waals surface area (Å²) >= 11 is 0. The fourth-order valence-corrected chi connectivity index (χ4v) is 4.05. The Balaban J connectivity index is 2.35. The van der Waals surface area contributed by atoms with Crippen molar-refractivity contribution in [3.05, 3.63) is 56.7 Å². The molecule has 0 spiro atoms. The Labute approximate surface area is 149 Å². The standard InChI is InChI=1S/C24H32/c1-15-16(2)20(6)23(9,19(15)5)13-11-12-14-24(10)21(7)17(3)18(4)22(24)8/h11,13H,1-10H3/b13-11+. The molecule has 2 aliphatic carbocycles. The first-order valence-corrected chi connectivity index (χ1v) is 8.91. The molecule has 0 N–H and O–H groups in total. The van der Waals surface area contributed by atoms with Crippen molar-refractivity contribution < 1.29 is 0 Å². The number of hydrogen-bond donors (Lipinski definition) is 0. The van der Waals surface area contributed by atoms with Crippen LogP contribution in [0.25, 0.3) is 0 Å². The van der Waals surface area contributed by atoms with E-state index in [0.717, 1.165) is 0 Å². The molecule has 0 heterocycles. The van der Waals surface area contributed by atoms with Crippen molar-refractivity contribution in [3.63, 3.8) is 0 Å². The van der Waals surface area contributed by atoms with Gasteiger partial charge in [0.1, 0.15) is 0 Å². The number of allylic oxidation sites excluding steroid dienone is 10. The van der Waals surface area contributed by atoms with Crippen LogP contribution in [0, 0.1) is 22.7 Å². The van der Waals surface area contributed by atoms with Crippen LogP contribution >= 0.6 is 0 Å². The maximum atomic E-state index is 3.53. The van der Waals surface area contributed by atoms with Gasteiger partial charge in [-0.1, -0.05) is 29.1 Å². The molecule has 0 nitrogen and oxygen atoms in total. The molecule has 128 valence electrons. The van der Waals surface area contributed by atoms with Crippen molar-refractivity contribution in [1.82, 2.24) is 0 Å². The van der Waals surface area contributed by atoms with E-state index in [0.29, 0.717) is 0 Å². The second-order valence-electron chi connectivity index (χ2n) is 7.93. The monoisotopic (exact) mass is 320 g/mol. The molecule has 0 aromatic rings. The van der Waals surface area contributed by atoms with E-state index in [1.165, 1.54) is 44.6 Å². The summed E-state index contributed by atoms with van der Waals surface area (Å²) in [5.74, 6) is 6.88. The van der Waals surface area contributed by atoms with Crippen molar-refractivity contribution >= 4 is 0 Å². The lowest BCUT2D eigenvalue weighted by atomic mass is 9.78. The molecule has 0 saturated heterocycles. The predicted molar refractivity (Wildman–Crippen MR) is 107 cm³/mol. The van der Waals surface area contributed by atoms with Crippen LogP contribution in [0.5, 0.6) is 0 Å². The van der Waals surface area contributed by atoms with E-state index in [9.17, 15) is 0 Å². The molecule has 0 aromatic carbocycles. The van der Waals surface area contributed by atoms with Gasteiger partial charge in [0.05, 0.1) is 5.41 Å². The molecule has 0 aromatic heterocycles. The minimum atomic E-state index is -0.114. The SMILES string of the molecule is CC1=C(C)C(C)(C#C/C=C/C2(C)C(C)=C(C)C(C)=C2C)C(C)=C1C. The van der Waals surface area contributed by atoms with Crippen LogP contribution in [0.2, 0.25) is 0 Å². The molecule has 0 atom stereocenters. The third kappa shape index (κ3) is 2.46. The van der Waals surface area contributed by atoms with Crippen LogP contribution in [0.1, 0.15) is 69.2 Å². The molecule has 24 heavy (non-hydrogen) atoms. The van der Waals surface area contributed by atoms with Gasteiger partial charge in [-0.05, 0) is 109 Å². The highest BCUT2D eigenvalue weighted by Crippen LogP contribution is 2.48. The lowest BCUT2D eigenvalue weighted by Crippen LogP contribution is -2.15. The Morgan fingerprint density at radius 1 is 0.625 bits per heavy atom. The second kappa shape index (κ2) is 5.96. The van der Waals surface area contributed by atoms with Crippen LogP contribution in [-0.4, -0.2) is 0 Å². The van der Waals surface area contributed by atoms with E-state index < -0.39 is 0 Å². The zero-order chi connectivity index (χ0) is 18.4. The fraction of sp³-hybridized carbons (Fsp3) is 0.500. The quantitative estimate of drug-likeness (QED) is 0.459. The highest BCUT2D eigenvalue weighted by Gasteiger charge is 2.35. The van der Waals surface area contributed by atoms with E-state index in [1.54, 1.807) is 0 Å². The van der Waals surface area contributed by atoms with Crippen molar-refractivity contribution in [1.29, 1.82) is 0 Å². The number of rotatable bonds is 1. The van der Waals surface area contributed by atoms with Gasteiger partial charge in [-0.3, -0.25) is 0 Å². The molecule has 0 aliphatic heterocycles. The van der Waals surface area contributed by atoms with Crippen molar-refractivity contribution in [3.8, 4) is 11.8 Å². The van der Waals surface area contributed by atoms with Crippen molar-refractivity contribution in [2.24, 2.45) is 10.8 Å². The van der Waals surface area contributed by atoms with E-state index in [-0.39, 0.29) is 10.8 Å². The van der Waals surface area contributed by atoms with Crippen molar-refractivity contribution in [2.45, 2.75) is 69.2 Å². The fourth-order valence-electron chi connectivity index (χ4n) is 4.05. The summed E-state index contributed by atoms with van der Waals surface area (Å²) in [4.78, 5) is 0. The van der Waals surface area contributed by atoms with Gasteiger partial charge in [0, 0.05) is 5.41 Å². The number of hydrogen-bond acceptors (Lipinski definition) is 0. The van der Waals surface area contributed by atoms with Gasteiger partial charge in [0.15, 0.2) is 0 Å². The summed E-state index contributed by atoms with van der Waals surface area (Å²) in [5, 5.41) is 0. The van der Waals surface area contributed by atoms with Gasteiger partial charge < -0.3 is 0 Å².